The average Bonchev–Trinajstić information content (AvgIpc) is 2.37. The van der Waals surface area contributed by atoms with Crippen molar-refractivity contribution in [3.05, 3.63) is 59.4 Å². The van der Waals surface area contributed by atoms with Crippen LogP contribution in [0.15, 0.2) is 42.5 Å². The van der Waals surface area contributed by atoms with Gasteiger partial charge < -0.3 is 0 Å². The highest BCUT2D eigenvalue weighted by Crippen LogP contribution is 2.31. The fraction of sp³-hybridized carbons (Fsp3) is 0.133. The molecule has 2 aromatic carbocycles. The summed E-state index contributed by atoms with van der Waals surface area (Å²) in [7, 11) is 0. The largest absolute Gasteiger partial charge is 0.416 e. The van der Waals surface area contributed by atoms with Crippen molar-refractivity contribution in [3.8, 4) is 11.1 Å². The molecule has 0 aliphatic carbocycles. The summed E-state index contributed by atoms with van der Waals surface area (Å²) in [4.78, 5) is 0.432. The number of thiocarbonyl (C=S) groups is 1. The van der Waals surface area contributed by atoms with Crippen molar-refractivity contribution < 1.29 is 17.6 Å². The topological polar surface area (TPSA) is 0 Å². The molecule has 0 unspecified atom stereocenters. The Kier molecular flexibility index (Phi) is 3.90. The number of halogens is 4. The van der Waals surface area contributed by atoms with Crippen LogP contribution in [0.1, 0.15) is 18.1 Å². The number of rotatable bonds is 2. The second-order valence-corrected chi connectivity index (χ2v) is 4.94. The predicted molar refractivity (Wildman–Crippen MR) is 74.2 cm³/mol. The second kappa shape index (κ2) is 5.32. The molecule has 0 aromatic heterocycles. The van der Waals surface area contributed by atoms with Gasteiger partial charge in [0.2, 0.25) is 0 Å². The molecule has 0 saturated heterocycles. The molecule has 0 bridgehead atoms. The molecule has 5 heteroatoms. The number of hydrogen-bond acceptors (Lipinski definition) is 1. The zero-order valence-electron chi connectivity index (χ0n) is 10.5. The summed E-state index contributed by atoms with van der Waals surface area (Å²) < 4.78 is 51.1. The molecule has 104 valence electrons. The van der Waals surface area contributed by atoms with Crippen molar-refractivity contribution in [2.75, 3.05) is 0 Å². The fourth-order valence-electron chi connectivity index (χ4n) is 1.83. The highest BCUT2D eigenvalue weighted by Gasteiger charge is 2.29. The van der Waals surface area contributed by atoms with Gasteiger partial charge in [0.15, 0.2) is 0 Å². The van der Waals surface area contributed by atoms with Gasteiger partial charge in [0, 0.05) is 10.4 Å². The molecule has 0 nitrogen and oxygen atoms in total. The van der Waals surface area contributed by atoms with Crippen LogP contribution in [0, 0.1) is 5.82 Å². The number of hydrogen-bond donors (Lipinski definition) is 0. The quantitative estimate of drug-likeness (QED) is 0.414. The number of benzene rings is 2. The molecule has 0 N–H and O–H groups in total. The van der Waals surface area contributed by atoms with Crippen LogP contribution in [0.3, 0.4) is 0 Å². The van der Waals surface area contributed by atoms with E-state index in [9.17, 15) is 17.6 Å². The van der Waals surface area contributed by atoms with Crippen molar-refractivity contribution in [1.82, 2.24) is 0 Å². The smallest absolute Gasteiger partial charge is 0.206 e. The van der Waals surface area contributed by atoms with Gasteiger partial charge in [-0.25, -0.2) is 4.39 Å². The van der Waals surface area contributed by atoms with Crippen LogP contribution in [0.5, 0.6) is 0 Å². The van der Waals surface area contributed by atoms with Crippen LogP contribution in [0.25, 0.3) is 11.1 Å². The molecule has 0 aliphatic rings. The summed E-state index contributed by atoms with van der Waals surface area (Å²) in [6, 6.07) is 9.04. The number of alkyl halides is 3. The maximum atomic E-state index is 13.8. The summed E-state index contributed by atoms with van der Waals surface area (Å²) in [6.07, 6.45) is -4.37. The normalized spacial score (nSPS) is 11.4. The van der Waals surface area contributed by atoms with Crippen molar-refractivity contribution in [2.45, 2.75) is 13.1 Å². The lowest BCUT2D eigenvalue weighted by molar-refractivity contribution is -0.137. The molecular weight excluding hydrogens is 288 g/mol. The van der Waals surface area contributed by atoms with Crippen LogP contribution < -0.4 is 0 Å². The van der Waals surface area contributed by atoms with Crippen molar-refractivity contribution in [1.29, 1.82) is 0 Å². The molecule has 20 heavy (non-hydrogen) atoms. The van der Waals surface area contributed by atoms with Gasteiger partial charge in [-0.15, -0.1) is 0 Å². The van der Waals surface area contributed by atoms with E-state index in [0.29, 0.717) is 21.6 Å². The van der Waals surface area contributed by atoms with Gasteiger partial charge in [-0.05, 0) is 36.2 Å². The van der Waals surface area contributed by atoms with E-state index < -0.39 is 17.6 Å². The first-order valence-electron chi connectivity index (χ1n) is 5.77. The van der Waals surface area contributed by atoms with Crippen molar-refractivity contribution in [2.24, 2.45) is 0 Å². The Morgan fingerprint density at radius 3 is 1.95 bits per heavy atom. The molecule has 0 heterocycles. The van der Waals surface area contributed by atoms with E-state index in [4.69, 9.17) is 12.2 Å². The Morgan fingerprint density at radius 1 is 0.950 bits per heavy atom. The predicted octanol–water partition coefficient (Wildman–Crippen LogP) is 5.25. The molecule has 0 fully saturated rings. The Balaban J connectivity index is 2.37. The lowest BCUT2D eigenvalue weighted by Gasteiger charge is -2.09. The lowest BCUT2D eigenvalue weighted by Crippen LogP contribution is -2.04. The highest BCUT2D eigenvalue weighted by atomic mass is 32.1. The van der Waals surface area contributed by atoms with Crippen LogP contribution in [0.2, 0.25) is 0 Å². The standard InChI is InChI=1S/C15H10F4S/c1-9(20)13-7-4-11(8-14(13)16)10-2-5-12(6-3-10)15(17,18)19/h2-8H,1H3. The Morgan fingerprint density at radius 2 is 1.50 bits per heavy atom. The van der Waals surface area contributed by atoms with E-state index in [0.717, 1.165) is 12.1 Å². The van der Waals surface area contributed by atoms with Gasteiger partial charge in [0.05, 0.1) is 5.56 Å². The zero-order valence-corrected chi connectivity index (χ0v) is 11.3. The molecule has 2 rings (SSSR count). The molecular formula is C15H10F4S. The maximum Gasteiger partial charge on any atom is 0.416 e. The third-order valence-electron chi connectivity index (χ3n) is 2.89. The van der Waals surface area contributed by atoms with Crippen molar-refractivity contribution in [3.63, 3.8) is 0 Å². The van der Waals surface area contributed by atoms with Crippen LogP contribution >= 0.6 is 12.2 Å². The van der Waals surface area contributed by atoms with Crippen LogP contribution in [0.4, 0.5) is 17.6 Å². The first kappa shape index (κ1) is 14.7. The summed E-state index contributed by atoms with van der Waals surface area (Å²) in [5, 5.41) is 0. The first-order valence-corrected chi connectivity index (χ1v) is 6.18. The van der Waals surface area contributed by atoms with Crippen molar-refractivity contribution >= 4 is 17.1 Å². The third kappa shape index (κ3) is 3.04. The maximum absolute atomic E-state index is 13.8. The van der Waals surface area contributed by atoms with E-state index in [2.05, 4.69) is 0 Å². The van der Waals surface area contributed by atoms with E-state index in [1.54, 1.807) is 13.0 Å². The van der Waals surface area contributed by atoms with Gasteiger partial charge >= 0.3 is 6.18 Å². The molecule has 2 aromatic rings. The molecule has 0 saturated carbocycles. The fourth-order valence-corrected chi connectivity index (χ4v) is 2.00. The summed E-state index contributed by atoms with van der Waals surface area (Å²) in [5.74, 6) is -0.477. The summed E-state index contributed by atoms with van der Waals surface area (Å²) in [5.41, 5.74) is 0.630. The Hall–Kier alpha value is -1.75. The van der Waals surface area contributed by atoms with Crippen LogP contribution in [-0.2, 0) is 6.18 Å². The van der Waals surface area contributed by atoms with E-state index in [1.807, 2.05) is 0 Å². The Labute approximate surface area is 119 Å². The molecule has 0 radical (unpaired) electrons. The first-order chi connectivity index (χ1) is 9.29. The van der Waals surface area contributed by atoms with Gasteiger partial charge in [0.1, 0.15) is 5.82 Å². The summed E-state index contributed by atoms with van der Waals surface area (Å²) >= 11 is 4.90. The third-order valence-corrected chi connectivity index (χ3v) is 3.11. The molecule has 0 spiro atoms. The molecule has 0 atom stereocenters. The molecule has 0 aliphatic heterocycles. The van der Waals surface area contributed by atoms with E-state index in [-0.39, 0.29) is 0 Å². The zero-order chi connectivity index (χ0) is 14.9. The minimum atomic E-state index is -4.37. The van der Waals surface area contributed by atoms with Crippen LogP contribution in [-0.4, -0.2) is 4.86 Å². The lowest BCUT2D eigenvalue weighted by atomic mass is 10.0. The summed E-state index contributed by atoms with van der Waals surface area (Å²) in [6.45, 7) is 1.62. The Bertz CT molecular complexity index is 642. The van der Waals surface area contributed by atoms with Gasteiger partial charge in [-0.2, -0.15) is 13.2 Å². The monoisotopic (exact) mass is 298 g/mol. The van der Waals surface area contributed by atoms with E-state index in [1.165, 1.54) is 24.3 Å². The van der Waals surface area contributed by atoms with Gasteiger partial charge in [-0.1, -0.05) is 36.5 Å². The van der Waals surface area contributed by atoms with Gasteiger partial charge in [0.25, 0.3) is 0 Å². The van der Waals surface area contributed by atoms with Gasteiger partial charge in [-0.3, -0.25) is 0 Å². The SMILES string of the molecule is CC(=S)c1ccc(-c2ccc(C(F)(F)F)cc2)cc1F. The average molecular weight is 298 g/mol. The van der Waals surface area contributed by atoms with E-state index >= 15 is 0 Å². The minimum absolute atomic E-state index is 0.329. The highest BCUT2D eigenvalue weighted by molar-refractivity contribution is 7.80. The minimum Gasteiger partial charge on any atom is -0.206 e. The second-order valence-electron chi connectivity index (χ2n) is 4.33. The molecule has 0 amide bonds.